The summed E-state index contributed by atoms with van der Waals surface area (Å²) >= 11 is 0. The van der Waals surface area contributed by atoms with Gasteiger partial charge in [0, 0.05) is 27.2 Å². The largest absolute Gasteiger partial charge is 0.461 e. The Balaban J connectivity index is 2.10. The summed E-state index contributed by atoms with van der Waals surface area (Å²) in [4.78, 5) is 15.0. The molecule has 1 fully saturated rings. The fourth-order valence-electron chi connectivity index (χ4n) is 1.80. The van der Waals surface area contributed by atoms with Crippen molar-refractivity contribution in [3.8, 4) is 6.01 Å². The van der Waals surface area contributed by atoms with E-state index < -0.39 is 0 Å². The highest BCUT2D eigenvalue weighted by Gasteiger charge is 2.17. The van der Waals surface area contributed by atoms with Crippen molar-refractivity contribution < 1.29 is 9.47 Å². The summed E-state index contributed by atoms with van der Waals surface area (Å²) in [6, 6.07) is 0.341. The van der Waals surface area contributed by atoms with Crippen LogP contribution in [0.3, 0.4) is 0 Å². The van der Waals surface area contributed by atoms with Crippen molar-refractivity contribution in [2.45, 2.75) is 12.8 Å². The third kappa shape index (κ3) is 3.19. The second kappa shape index (κ2) is 6.34. The van der Waals surface area contributed by atoms with Gasteiger partial charge in [-0.3, -0.25) is 0 Å². The Bertz CT molecular complexity index is 382. The fourth-order valence-corrected chi connectivity index (χ4v) is 1.80. The SMILES string of the molecule is CNc1nc(OCCOC)nc(N2CCCC2)n1. The Morgan fingerprint density at radius 2 is 1.94 bits per heavy atom. The summed E-state index contributed by atoms with van der Waals surface area (Å²) in [6.45, 7) is 2.93. The maximum Gasteiger partial charge on any atom is 0.323 e. The first kappa shape index (κ1) is 12.8. The molecular formula is C11H19N5O2. The van der Waals surface area contributed by atoms with Crippen LogP contribution in [0.4, 0.5) is 11.9 Å². The minimum Gasteiger partial charge on any atom is -0.461 e. The van der Waals surface area contributed by atoms with Crippen molar-refractivity contribution in [1.29, 1.82) is 0 Å². The van der Waals surface area contributed by atoms with Crippen LogP contribution < -0.4 is 15.0 Å². The predicted molar refractivity (Wildman–Crippen MR) is 68.2 cm³/mol. The summed E-state index contributed by atoms with van der Waals surface area (Å²) in [7, 11) is 3.41. The van der Waals surface area contributed by atoms with E-state index >= 15 is 0 Å². The van der Waals surface area contributed by atoms with Gasteiger partial charge in [0.2, 0.25) is 11.9 Å². The van der Waals surface area contributed by atoms with Gasteiger partial charge in [-0.05, 0) is 12.8 Å². The second-order valence-corrected chi connectivity index (χ2v) is 4.03. The van der Waals surface area contributed by atoms with Crippen LogP contribution in [0.15, 0.2) is 0 Å². The van der Waals surface area contributed by atoms with Gasteiger partial charge in [-0.25, -0.2) is 0 Å². The summed E-state index contributed by atoms with van der Waals surface area (Å²) in [6.07, 6.45) is 2.36. The molecule has 0 unspecified atom stereocenters. The van der Waals surface area contributed by atoms with Gasteiger partial charge in [0.05, 0.1) is 6.61 Å². The number of anilines is 2. The molecule has 7 nitrogen and oxygen atoms in total. The zero-order chi connectivity index (χ0) is 12.8. The fraction of sp³-hybridized carbons (Fsp3) is 0.727. The first-order chi connectivity index (χ1) is 8.83. The van der Waals surface area contributed by atoms with Crippen LogP contribution in [0.1, 0.15) is 12.8 Å². The maximum absolute atomic E-state index is 5.44. The van der Waals surface area contributed by atoms with E-state index in [4.69, 9.17) is 9.47 Å². The molecule has 1 aliphatic heterocycles. The highest BCUT2D eigenvalue weighted by Crippen LogP contribution is 2.19. The zero-order valence-electron chi connectivity index (χ0n) is 10.8. The lowest BCUT2D eigenvalue weighted by atomic mass is 10.4. The minimum atomic E-state index is 0.341. The normalized spacial score (nSPS) is 14.9. The highest BCUT2D eigenvalue weighted by atomic mass is 16.5. The molecular weight excluding hydrogens is 234 g/mol. The number of aromatic nitrogens is 3. The molecule has 1 N–H and O–H groups in total. The van der Waals surface area contributed by atoms with Crippen LogP contribution in [0, 0.1) is 0 Å². The first-order valence-electron chi connectivity index (χ1n) is 6.14. The van der Waals surface area contributed by atoms with E-state index in [1.165, 1.54) is 12.8 Å². The van der Waals surface area contributed by atoms with E-state index in [9.17, 15) is 0 Å². The lowest BCUT2D eigenvalue weighted by Gasteiger charge is -2.16. The molecule has 0 radical (unpaired) electrons. The Hall–Kier alpha value is -1.63. The lowest BCUT2D eigenvalue weighted by molar-refractivity contribution is 0.141. The van der Waals surface area contributed by atoms with Crippen molar-refractivity contribution in [1.82, 2.24) is 15.0 Å². The Morgan fingerprint density at radius 3 is 2.61 bits per heavy atom. The molecule has 0 aromatic carbocycles. The number of hydrogen-bond donors (Lipinski definition) is 1. The number of hydrogen-bond acceptors (Lipinski definition) is 7. The first-order valence-corrected chi connectivity index (χ1v) is 6.14. The topological polar surface area (TPSA) is 72.4 Å². The van der Waals surface area contributed by atoms with E-state index in [1.54, 1.807) is 14.2 Å². The van der Waals surface area contributed by atoms with Crippen LogP contribution in [-0.2, 0) is 4.74 Å². The van der Waals surface area contributed by atoms with E-state index in [-0.39, 0.29) is 0 Å². The lowest BCUT2D eigenvalue weighted by Crippen LogP contribution is -2.22. The van der Waals surface area contributed by atoms with E-state index in [0.717, 1.165) is 13.1 Å². The summed E-state index contributed by atoms with van der Waals surface area (Å²) in [5.74, 6) is 1.21. The van der Waals surface area contributed by atoms with Crippen molar-refractivity contribution in [3.05, 3.63) is 0 Å². The average molecular weight is 253 g/mol. The highest BCUT2D eigenvalue weighted by molar-refractivity contribution is 5.38. The van der Waals surface area contributed by atoms with Crippen LogP contribution in [0.2, 0.25) is 0 Å². The number of nitrogens with one attached hydrogen (secondary N) is 1. The van der Waals surface area contributed by atoms with Gasteiger partial charge >= 0.3 is 6.01 Å². The van der Waals surface area contributed by atoms with E-state index in [1.807, 2.05) is 0 Å². The molecule has 0 amide bonds. The molecule has 0 bridgehead atoms. The molecule has 100 valence electrons. The van der Waals surface area contributed by atoms with Crippen molar-refractivity contribution >= 4 is 11.9 Å². The number of rotatable bonds is 6. The molecule has 2 rings (SSSR count). The number of methoxy groups -OCH3 is 1. The molecule has 1 aliphatic rings. The van der Waals surface area contributed by atoms with Gasteiger partial charge in [0.15, 0.2) is 0 Å². The van der Waals surface area contributed by atoms with E-state index in [0.29, 0.717) is 31.1 Å². The third-order valence-corrected chi connectivity index (χ3v) is 2.73. The van der Waals surface area contributed by atoms with Crippen LogP contribution in [0.5, 0.6) is 6.01 Å². The predicted octanol–water partition coefficient (Wildman–Crippen LogP) is 0.539. The zero-order valence-corrected chi connectivity index (χ0v) is 10.8. The van der Waals surface area contributed by atoms with Crippen LogP contribution in [0.25, 0.3) is 0 Å². The maximum atomic E-state index is 5.44. The van der Waals surface area contributed by atoms with Gasteiger partial charge in [-0.1, -0.05) is 0 Å². The van der Waals surface area contributed by atoms with Crippen molar-refractivity contribution in [2.75, 3.05) is 50.7 Å². The molecule has 7 heteroatoms. The summed E-state index contributed by atoms with van der Waals surface area (Å²) in [5.41, 5.74) is 0. The van der Waals surface area contributed by atoms with Crippen molar-refractivity contribution in [3.63, 3.8) is 0 Å². The van der Waals surface area contributed by atoms with Gasteiger partial charge in [0.1, 0.15) is 6.61 Å². The number of nitrogens with zero attached hydrogens (tertiary/aromatic N) is 4. The quantitative estimate of drug-likeness (QED) is 0.742. The van der Waals surface area contributed by atoms with Crippen LogP contribution in [-0.4, -0.2) is 55.4 Å². The Kier molecular flexibility index (Phi) is 4.52. The monoisotopic (exact) mass is 253 g/mol. The molecule has 1 saturated heterocycles. The van der Waals surface area contributed by atoms with Gasteiger partial charge in [-0.2, -0.15) is 15.0 Å². The van der Waals surface area contributed by atoms with Gasteiger partial charge < -0.3 is 19.7 Å². The minimum absolute atomic E-state index is 0.341. The molecule has 0 spiro atoms. The average Bonchev–Trinajstić information content (AvgIpc) is 2.92. The molecule has 0 saturated carbocycles. The molecule has 0 atom stereocenters. The summed E-state index contributed by atoms with van der Waals surface area (Å²) < 4.78 is 10.4. The molecule has 18 heavy (non-hydrogen) atoms. The third-order valence-electron chi connectivity index (χ3n) is 2.73. The van der Waals surface area contributed by atoms with Crippen molar-refractivity contribution in [2.24, 2.45) is 0 Å². The summed E-state index contributed by atoms with van der Waals surface area (Å²) in [5, 5.41) is 2.92. The Labute approximate surface area is 107 Å². The van der Waals surface area contributed by atoms with Gasteiger partial charge in [-0.15, -0.1) is 0 Å². The number of ether oxygens (including phenoxy) is 2. The second-order valence-electron chi connectivity index (χ2n) is 4.03. The standard InChI is InChI=1S/C11H19N5O2/c1-12-9-13-10(16-5-3-4-6-16)15-11(14-9)18-8-7-17-2/h3-8H2,1-2H3,(H,12,13,14,15). The molecule has 0 aliphatic carbocycles. The molecule has 1 aromatic heterocycles. The smallest absolute Gasteiger partial charge is 0.323 e. The Morgan fingerprint density at radius 1 is 1.17 bits per heavy atom. The van der Waals surface area contributed by atoms with E-state index in [2.05, 4.69) is 25.2 Å². The van der Waals surface area contributed by atoms with Gasteiger partial charge in [0.25, 0.3) is 0 Å². The molecule has 1 aromatic rings. The van der Waals surface area contributed by atoms with Crippen LogP contribution >= 0.6 is 0 Å². The molecule has 2 heterocycles.